The summed E-state index contributed by atoms with van der Waals surface area (Å²) < 4.78 is 5.49. The minimum atomic E-state index is -0.463. The van der Waals surface area contributed by atoms with Crippen LogP contribution in [0.15, 0.2) is 65.1 Å². The van der Waals surface area contributed by atoms with Crippen LogP contribution in [0.4, 0.5) is 11.7 Å². The number of hydrogen-bond acceptors (Lipinski definition) is 5. The van der Waals surface area contributed by atoms with E-state index in [-0.39, 0.29) is 24.2 Å². The van der Waals surface area contributed by atoms with Crippen LogP contribution in [-0.4, -0.2) is 28.6 Å². The first-order chi connectivity index (χ1) is 12.7. The summed E-state index contributed by atoms with van der Waals surface area (Å²) in [6.07, 6.45) is 0.153. The highest BCUT2D eigenvalue weighted by Crippen LogP contribution is 2.26. The van der Waals surface area contributed by atoms with E-state index in [1.54, 1.807) is 4.90 Å². The zero-order chi connectivity index (χ0) is 17.9. The van der Waals surface area contributed by atoms with E-state index in [2.05, 4.69) is 15.5 Å². The quantitative estimate of drug-likeness (QED) is 0.783. The third-order valence-electron chi connectivity index (χ3n) is 4.24. The van der Waals surface area contributed by atoms with Crippen molar-refractivity contribution in [3.05, 3.63) is 60.7 Å². The fourth-order valence-electron chi connectivity index (χ4n) is 2.92. The summed E-state index contributed by atoms with van der Waals surface area (Å²) in [5.41, 5.74) is 1.56. The van der Waals surface area contributed by atoms with Crippen molar-refractivity contribution in [3.63, 3.8) is 0 Å². The highest BCUT2D eigenvalue weighted by molar-refractivity contribution is 6.02. The van der Waals surface area contributed by atoms with Crippen molar-refractivity contribution in [2.45, 2.75) is 6.42 Å². The summed E-state index contributed by atoms with van der Waals surface area (Å²) in [6, 6.07) is 18.6. The Morgan fingerprint density at radius 1 is 1.04 bits per heavy atom. The first-order valence-electron chi connectivity index (χ1n) is 8.26. The predicted octanol–water partition coefficient (Wildman–Crippen LogP) is 2.73. The Morgan fingerprint density at radius 3 is 2.46 bits per heavy atom. The normalized spacial score (nSPS) is 16.7. The van der Waals surface area contributed by atoms with Crippen LogP contribution < -0.4 is 10.2 Å². The Labute approximate surface area is 149 Å². The molecule has 26 heavy (non-hydrogen) atoms. The van der Waals surface area contributed by atoms with Crippen molar-refractivity contribution >= 4 is 23.5 Å². The average molecular weight is 348 g/mol. The van der Waals surface area contributed by atoms with Gasteiger partial charge in [0.1, 0.15) is 0 Å². The number of benzene rings is 2. The van der Waals surface area contributed by atoms with Crippen LogP contribution >= 0.6 is 0 Å². The van der Waals surface area contributed by atoms with Crippen LogP contribution in [0.2, 0.25) is 0 Å². The molecule has 0 radical (unpaired) electrons. The van der Waals surface area contributed by atoms with Crippen molar-refractivity contribution < 1.29 is 14.0 Å². The van der Waals surface area contributed by atoms with Crippen LogP contribution in [0.1, 0.15) is 6.42 Å². The van der Waals surface area contributed by atoms with Gasteiger partial charge in [0.05, 0.1) is 5.92 Å². The molecule has 7 nitrogen and oxygen atoms in total. The number of carbonyl (C=O) groups is 2. The maximum atomic E-state index is 12.5. The summed E-state index contributed by atoms with van der Waals surface area (Å²) >= 11 is 0. The van der Waals surface area contributed by atoms with E-state index in [4.69, 9.17) is 4.42 Å². The molecule has 1 aliphatic heterocycles. The Morgan fingerprint density at radius 2 is 1.73 bits per heavy atom. The summed E-state index contributed by atoms with van der Waals surface area (Å²) in [7, 11) is 0. The van der Waals surface area contributed by atoms with E-state index in [9.17, 15) is 9.59 Å². The average Bonchev–Trinajstić information content (AvgIpc) is 3.30. The predicted molar refractivity (Wildman–Crippen MR) is 95.3 cm³/mol. The third kappa shape index (κ3) is 3.19. The molecule has 4 rings (SSSR count). The van der Waals surface area contributed by atoms with E-state index < -0.39 is 5.92 Å². The van der Waals surface area contributed by atoms with Gasteiger partial charge in [0.15, 0.2) is 0 Å². The van der Waals surface area contributed by atoms with Crippen LogP contribution in [0.25, 0.3) is 11.5 Å². The second kappa shape index (κ2) is 6.79. The van der Waals surface area contributed by atoms with E-state index in [0.717, 1.165) is 11.3 Å². The highest BCUT2D eigenvalue weighted by Gasteiger charge is 2.35. The summed E-state index contributed by atoms with van der Waals surface area (Å²) in [5, 5.41) is 10.4. The van der Waals surface area contributed by atoms with Gasteiger partial charge in [-0.3, -0.25) is 14.9 Å². The number of nitrogens with one attached hydrogen (secondary N) is 1. The molecule has 1 fully saturated rings. The minimum Gasteiger partial charge on any atom is -0.403 e. The molecule has 2 amide bonds. The molecule has 7 heteroatoms. The maximum Gasteiger partial charge on any atom is 0.322 e. The van der Waals surface area contributed by atoms with Crippen molar-refractivity contribution in [3.8, 4) is 11.5 Å². The number of anilines is 2. The molecule has 0 spiro atoms. The van der Waals surface area contributed by atoms with Gasteiger partial charge in [-0.1, -0.05) is 41.5 Å². The van der Waals surface area contributed by atoms with E-state index in [0.29, 0.717) is 12.4 Å². The summed E-state index contributed by atoms with van der Waals surface area (Å²) in [4.78, 5) is 26.3. The molecular weight excluding hydrogens is 332 g/mol. The molecular formula is C19H16N4O3. The molecule has 0 aliphatic carbocycles. The summed E-state index contributed by atoms with van der Waals surface area (Å²) in [5.74, 6) is -0.518. The lowest BCUT2D eigenvalue weighted by molar-refractivity contribution is -0.122. The fourth-order valence-corrected chi connectivity index (χ4v) is 2.92. The molecule has 0 saturated carbocycles. The SMILES string of the molecule is O=C(Nc1nnc(-c2ccccc2)o1)C1CC(=O)N(c2ccccc2)C1. The van der Waals surface area contributed by atoms with Gasteiger partial charge in [0, 0.05) is 24.2 Å². The van der Waals surface area contributed by atoms with Gasteiger partial charge in [-0.05, 0) is 24.3 Å². The van der Waals surface area contributed by atoms with Gasteiger partial charge in [-0.25, -0.2) is 0 Å². The number of amides is 2. The van der Waals surface area contributed by atoms with Crippen molar-refractivity contribution in [2.75, 3.05) is 16.8 Å². The lowest BCUT2D eigenvalue weighted by atomic mass is 10.1. The van der Waals surface area contributed by atoms with Gasteiger partial charge in [-0.15, -0.1) is 5.10 Å². The largest absolute Gasteiger partial charge is 0.403 e. The second-order valence-corrected chi connectivity index (χ2v) is 6.01. The lowest BCUT2D eigenvalue weighted by Crippen LogP contribution is -2.28. The zero-order valence-electron chi connectivity index (χ0n) is 13.8. The van der Waals surface area contributed by atoms with Crippen molar-refractivity contribution in [2.24, 2.45) is 5.92 Å². The maximum absolute atomic E-state index is 12.5. The molecule has 1 aromatic heterocycles. The molecule has 1 aliphatic rings. The number of hydrogen-bond donors (Lipinski definition) is 1. The molecule has 1 atom stereocenters. The first-order valence-corrected chi connectivity index (χ1v) is 8.26. The van der Waals surface area contributed by atoms with Gasteiger partial charge >= 0.3 is 6.01 Å². The Kier molecular flexibility index (Phi) is 4.18. The van der Waals surface area contributed by atoms with Crippen LogP contribution in [0.5, 0.6) is 0 Å². The molecule has 1 unspecified atom stereocenters. The molecule has 0 bridgehead atoms. The number of nitrogens with zero attached hydrogens (tertiary/aromatic N) is 3. The highest BCUT2D eigenvalue weighted by atomic mass is 16.4. The number of rotatable bonds is 4. The Bertz CT molecular complexity index is 924. The van der Waals surface area contributed by atoms with Crippen LogP contribution in [0, 0.1) is 5.92 Å². The molecule has 3 aromatic rings. The van der Waals surface area contributed by atoms with Gasteiger partial charge in [0.2, 0.25) is 17.7 Å². The molecule has 130 valence electrons. The minimum absolute atomic E-state index is 0.0273. The number of carbonyl (C=O) groups excluding carboxylic acids is 2. The van der Waals surface area contributed by atoms with Crippen molar-refractivity contribution in [1.82, 2.24) is 10.2 Å². The number of para-hydroxylation sites is 1. The molecule has 1 saturated heterocycles. The fraction of sp³-hybridized carbons (Fsp3) is 0.158. The standard InChI is InChI=1S/C19H16N4O3/c24-16-11-14(12-23(16)15-9-5-2-6-10-15)17(25)20-19-22-21-18(26-19)13-7-3-1-4-8-13/h1-10,14H,11-12H2,(H,20,22,25). The molecule has 1 N–H and O–H groups in total. The van der Waals surface area contributed by atoms with E-state index >= 15 is 0 Å². The third-order valence-corrected chi connectivity index (χ3v) is 4.24. The lowest BCUT2D eigenvalue weighted by Gasteiger charge is -2.16. The van der Waals surface area contributed by atoms with Gasteiger partial charge < -0.3 is 9.32 Å². The van der Waals surface area contributed by atoms with Gasteiger partial charge in [0.25, 0.3) is 0 Å². The second-order valence-electron chi connectivity index (χ2n) is 6.01. The molecule has 2 aromatic carbocycles. The topological polar surface area (TPSA) is 88.3 Å². The van der Waals surface area contributed by atoms with Crippen molar-refractivity contribution in [1.29, 1.82) is 0 Å². The zero-order valence-corrected chi connectivity index (χ0v) is 13.8. The van der Waals surface area contributed by atoms with E-state index in [1.807, 2.05) is 60.7 Å². The number of aromatic nitrogens is 2. The summed E-state index contributed by atoms with van der Waals surface area (Å²) in [6.45, 7) is 0.328. The smallest absolute Gasteiger partial charge is 0.322 e. The molecule has 2 heterocycles. The Balaban J connectivity index is 1.43. The first kappa shape index (κ1) is 16.0. The van der Waals surface area contributed by atoms with Gasteiger partial charge in [-0.2, -0.15) is 0 Å². The van der Waals surface area contributed by atoms with E-state index in [1.165, 1.54) is 0 Å². The van der Waals surface area contributed by atoms with Crippen LogP contribution in [0.3, 0.4) is 0 Å². The Hall–Kier alpha value is -3.48. The monoisotopic (exact) mass is 348 g/mol. The van der Waals surface area contributed by atoms with Crippen LogP contribution in [-0.2, 0) is 9.59 Å².